The molecule has 2 aliphatic carbocycles. The van der Waals surface area contributed by atoms with Crippen LogP contribution in [0.2, 0.25) is 0 Å². The van der Waals surface area contributed by atoms with Gasteiger partial charge >= 0.3 is 35.5 Å². The van der Waals surface area contributed by atoms with Crippen LogP contribution in [0.15, 0.2) is 23.3 Å². The summed E-state index contributed by atoms with van der Waals surface area (Å²) in [6, 6.07) is 0. The molecule has 0 saturated carbocycles. The van der Waals surface area contributed by atoms with E-state index in [0.29, 0.717) is 0 Å². The molecule has 0 bridgehead atoms. The van der Waals surface area contributed by atoms with Crippen molar-refractivity contribution in [3.8, 4) is 0 Å². The van der Waals surface area contributed by atoms with Crippen molar-refractivity contribution >= 4 is 0 Å². The van der Waals surface area contributed by atoms with Gasteiger partial charge in [-0.15, -0.1) is 0 Å². The maximum Gasteiger partial charge on any atom is 0.382 e. The second-order valence-electron chi connectivity index (χ2n) is 6.02. The van der Waals surface area contributed by atoms with Gasteiger partial charge in [0.05, 0.1) is 0 Å². The summed E-state index contributed by atoms with van der Waals surface area (Å²) in [5.41, 5.74) is -16.4. The fourth-order valence-corrected chi connectivity index (χ4v) is 2.76. The SMILES string of the molecule is FC1=C(F)C(F)(C2(F)C(F)(F)C(F)=C(F)C(F)(F)C2(F)F)C(F)(F)C(F)(F)C1(F)F. The van der Waals surface area contributed by atoms with Gasteiger partial charge in [-0.25, -0.2) is 26.3 Å². The molecule has 0 nitrogen and oxygen atoms in total. The predicted octanol–water partition coefficient (Wildman–Crippen LogP) is 6.54. The Kier molecular flexibility index (Phi) is 4.51. The molecule has 174 valence electrons. The van der Waals surface area contributed by atoms with Crippen molar-refractivity contribution in [1.29, 1.82) is 0 Å². The van der Waals surface area contributed by atoms with Crippen LogP contribution in [0.25, 0.3) is 0 Å². The van der Waals surface area contributed by atoms with Gasteiger partial charge in [-0.2, -0.15) is 52.7 Å². The van der Waals surface area contributed by atoms with Crippen molar-refractivity contribution in [2.75, 3.05) is 0 Å². The van der Waals surface area contributed by atoms with E-state index in [1.807, 2.05) is 0 Å². The highest BCUT2D eigenvalue weighted by atomic mass is 19.4. The summed E-state index contributed by atoms with van der Waals surface area (Å²) < 4.78 is 243. The molecule has 2 aliphatic rings. The second-order valence-corrected chi connectivity index (χ2v) is 6.02. The van der Waals surface area contributed by atoms with Crippen molar-refractivity contribution < 1.29 is 79.0 Å². The molecule has 2 atom stereocenters. The maximum absolute atomic E-state index is 14.5. The average Bonchev–Trinajstić information content (AvgIpc) is 2.61. The molecule has 0 saturated heterocycles. The van der Waals surface area contributed by atoms with E-state index >= 15 is 0 Å². The molecule has 2 unspecified atom stereocenters. The van der Waals surface area contributed by atoms with Crippen molar-refractivity contribution in [3.05, 3.63) is 23.3 Å². The van der Waals surface area contributed by atoms with Gasteiger partial charge in [-0.1, -0.05) is 0 Å². The van der Waals surface area contributed by atoms with Gasteiger partial charge in [0, 0.05) is 0 Å². The van der Waals surface area contributed by atoms with Crippen molar-refractivity contribution in [1.82, 2.24) is 0 Å². The fourth-order valence-electron chi connectivity index (χ4n) is 2.76. The van der Waals surface area contributed by atoms with E-state index in [2.05, 4.69) is 0 Å². The van der Waals surface area contributed by atoms with Crippen molar-refractivity contribution in [3.63, 3.8) is 0 Å². The molecule has 0 aromatic rings. The molecule has 0 N–H and O–H groups in total. The minimum absolute atomic E-state index is 4.62. The number of rotatable bonds is 1. The first-order valence-electron chi connectivity index (χ1n) is 6.65. The van der Waals surface area contributed by atoms with Crippen LogP contribution < -0.4 is 0 Å². The van der Waals surface area contributed by atoms with Crippen LogP contribution in [0.4, 0.5) is 79.0 Å². The number of halogens is 18. The van der Waals surface area contributed by atoms with E-state index in [-0.39, 0.29) is 0 Å². The zero-order chi connectivity index (χ0) is 24.3. The topological polar surface area (TPSA) is 0 Å². The quantitative estimate of drug-likeness (QED) is 0.370. The van der Waals surface area contributed by atoms with Crippen molar-refractivity contribution in [2.24, 2.45) is 0 Å². The Morgan fingerprint density at radius 3 is 1.03 bits per heavy atom. The molecule has 0 aliphatic heterocycles. The Morgan fingerprint density at radius 1 is 0.333 bits per heavy atom. The Morgan fingerprint density at radius 2 is 0.633 bits per heavy atom. The Labute approximate surface area is 150 Å². The highest BCUT2D eigenvalue weighted by Gasteiger charge is 3.01. The van der Waals surface area contributed by atoms with E-state index in [0.717, 1.165) is 0 Å². The molecule has 30 heavy (non-hydrogen) atoms. The van der Waals surface area contributed by atoms with Gasteiger partial charge in [0.25, 0.3) is 11.3 Å². The van der Waals surface area contributed by atoms with E-state index < -0.39 is 70.2 Å². The molecule has 0 aromatic heterocycles. The zero-order valence-corrected chi connectivity index (χ0v) is 12.8. The summed E-state index contributed by atoms with van der Waals surface area (Å²) in [4.78, 5) is 0. The van der Waals surface area contributed by atoms with E-state index in [9.17, 15) is 79.0 Å². The summed E-state index contributed by atoms with van der Waals surface area (Å²) in [6.07, 6.45) is 0. The molecular formula is C12F18. The molecule has 2 rings (SSSR count). The Bertz CT molecular complexity index is 847. The van der Waals surface area contributed by atoms with Crippen LogP contribution in [0.5, 0.6) is 0 Å². The van der Waals surface area contributed by atoms with Gasteiger partial charge in [0.2, 0.25) is 17.5 Å². The fraction of sp³-hybridized carbons (Fsp3) is 0.667. The number of hydrogen-bond donors (Lipinski definition) is 0. The minimum Gasteiger partial charge on any atom is -0.225 e. The number of alkyl halides is 14. The normalized spacial score (nSPS) is 38.6. The molecular weight excluding hydrogens is 486 g/mol. The van der Waals surface area contributed by atoms with Crippen LogP contribution in [-0.2, 0) is 0 Å². The van der Waals surface area contributed by atoms with E-state index in [4.69, 9.17) is 0 Å². The standard InChI is InChI=1S/C12F18/c13-1-2(14)8(22,23)12(29,30)10(25,26)5(1,17)9(24)6(18,19)3(15)4(16)7(20,21)11(9,27)28. The molecule has 18 heteroatoms. The smallest absolute Gasteiger partial charge is 0.225 e. The largest absolute Gasteiger partial charge is 0.382 e. The van der Waals surface area contributed by atoms with Crippen LogP contribution in [-0.4, -0.2) is 46.9 Å². The third-order valence-electron chi connectivity index (χ3n) is 4.47. The third-order valence-corrected chi connectivity index (χ3v) is 4.47. The van der Waals surface area contributed by atoms with Crippen LogP contribution in [0, 0.1) is 0 Å². The zero-order valence-electron chi connectivity index (χ0n) is 12.8. The first-order chi connectivity index (χ1) is 12.9. The highest BCUT2D eigenvalue weighted by molar-refractivity contribution is 5.47. The molecule has 0 aromatic carbocycles. The second kappa shape index (κ2) is 5.52. The summed E-state index contributed by atoms with van der Waals surface area (Å²) >= 11 is 0. The third kappa shape index (κ3) is 1.92. The lowest BCUT2D eigenvalue weighted by atomic mass is 9.63. The average molecular weight is 486 g/mol. The number of allylic oxidation sites excluding steroid dienone is 4. The summed E-state index contributed by atoms with van der Waals surface area (Å²) in [5.74, 6) is -65.9. The van der Waals surface area contributed by atoms with Gasteiger partial charge in [-0.3, -0.25) is 0 Å². The van der Waals surface area contributed by atoms with Gasteiger partial charge in [-0.05, 0) is 0 Å². The molecule has 0 heterocycles. The first-order valence-corrected chi connectivity index (χ1v) is 6.65. The number of hydrogen-bond acceptors (Lipinski definition) is 0. The minimum atomic E-state index is -8.32. The van der Waals surface area contributed by atoms with E-state index in [1.54, 1.807) is 0 Å². The molecule has 0 spiro atoms. The van der Waals surface area contributed by atoms with E-state index in [1.165, 1.54) is 0 Å². The molecule has 0 fully saturated rings. The molecule has 0 amide bonds. The van der Waals surface area contributed by atoms with Crippen LogP contribution in [0.1, 0.15) is 0 Å². The van der Waals surface area contributed by atoms with Crippen molar-refractivity contribution in [2.45, 2.75) is 46.9 Å². The molecule has 0 radical (unpaired) electrons. The van der Waals surface area contributed by atoms with Gasteiger partial charge in [0.1, 0.15) is 0 Å². The van der Waals surface area contributed by atoms with Crippen LogP contribution in [0.3, 0.4) is 0 Å². The highest BCUT2D eigenvalue weighted by Crippen LogP contribution is 2.73. The van der Waals surface area contributed by atoms with Gasteiger partial charge < -0.3 is 0 Å². The first kappa shape index (κ1) is 24.5. The predicted molar refractivity (Wildman–Crippen MR) is 55.8 cm³/mol. The lowest BCUT2D eigenvalue weighted by Gasteiger charge is -2.54. The Balaban J connectivity index is 3.18. The summed E-state index contributed by atoms with van der Waals surface area (Å²) in [6.45, 7) is 0. The lowest BCUT2D eigenvalue weighted by Crippen LogP contribution is -2.84. The van der Waals surface area contributed by atoms with Crippen LogP contribution >= 0.6 is 0 Å². The maximum atomic E-state index is 14.5. The Hall–Kier alpha value is -1.78. The van der Waals surface area contributed by atoms with Gasteiger partial charge in [0.15, 0.2) is 5.83 Å². The monoisotopic (exact) mass is 486 g/mol. The summed E-state index contributed by atoms with van der Waals surface area (Å²) in [5, 5.41) is 0. The summed E-state index contributed by atoms with van der Waals surface area (Å²) in [7, 11) is 0. The lowest BCUT2D eigenvalue weighted by molar-refractivity contribution is -0.416.